The van der Waals surface area contributed by atoms with Gasteiger partial charge in [-0.25, -0.2) is 4.79 Å². The predicted molar refractivity (Wildman–Crippen MR) is 73.3 cm³/mol. The second-order valence-electron chi connectivity index (χ2n) is 5.81. The van der Waals surface area contributed by atoms with E-state index < -0.39 is 17.9 Å². The highest BCUT2D eigenvalue weighted by atomic mass is 19.4. The first-order valence-electron chi connectivity index (χ1n) is 7.27. The molecule has 23 heavy (non-hydrogen) atoms. The van der Waals surface area contributed by atoms with Gasteiger partial charge in [-0.15, -0.1) is 0 Å². The number of halogens is 3. The molecule has 0 radical (unpaired) electrons. The first kappa shape index (κ1) is 15.9. The van der Waals surface area contributed by atoms with Gasteiger partial charge < -0.3 is 19.9 Å². The van der Waals surface area contributed by atoms with E-state index in [1.807, 2.05) is 0 Å². The van der Waals surface area contributed by atoms with Gasteiger partial charge in [0.2, 0.25) is 0 Å². The monoisotopic (exact) mass is 331 g/mol. The third-order valence-corrected chi connectivity index (χ3v) is 4.29. The highest BCUT2D eigenvalue weighted by molar-refractivity contribution is 5.65. The number of ether oxygens (including phenoxy) is 2. The van der Waals surface area contributed by atoms with Gasteiger partial charge in [-0.3, -0.25) is 0 Å². The summed E-state index contributed by atoms with van der Waals surface area (Å²) >= 11 is 0. The number of carboxylic acid groups (broad SMARTS) is 1. The van der Waals surface area contributed by atoms with E-state index in [0.29, 0.717) is 18.6 Å². The van der Waals surface area contributed by atoms with Crippen molar-refractivity contribution in [3.05, 3.63) is 29.8 Å². The van der Waals surface area contributed by atoms with Crippen molar-refractivity contribution < 1.29 is 32.5 Å². The normalized spacial score (nSPS) is 30.0. The zero-order chi connectivity index (χ0) is 16.7. The summed E-state index contributed by atoms with van der Waals surface area (Å²) in [4.78, 5) is 10.5. The van der Waals surface area contributed by atoms with E-state index in [4.69, 9.17) is 14.6 Å². The Hall–Kier alpha value is -1.96. The maximum atomic E-state index is 13.3. The molecule has 1 aliphatic carbocycles. The summed E-state index contributed by atoms with van der Waals surface area (Å²) in [5, 5.41) is 10.9. The first-order valence-corrected chi connectivity index (χ1v) is 7.27. The van der Waals surface area contributed by atoms with E-state index >= 15 is 0 Å². The maximum Gasteiger partial charge on any atom is 0.421 e. The number of alkyl halides is 3. The molecule has 2 N–H and O–H groups in total. The molecule has 2 fully saturated rings. The third-order valence-electron chi connectivity index (χ3n) is 4.29. The molecule has 1 saturated heterocycles. The zero-order valence-corrected chi connectivity index (χ0v) is 12.1. The van der Waals surface area contributed by atoms with Gasteiger partial charge in [0.05, 0.1) is 6.61 Å². The van der Waals surface area contributed by atoms with Crippen LogP contribution in [0.25, 0.3) is 0 Å². The fraction of sp³-hybridized carbons (Fsp3) is 0.533. The Balaban J connectivity index is 1.66. The predicted octanol–water partition coefficient (Wildman–Crippen LogP) is 3.04. The number of carbonyl (C=O) groups is 1. The Kier molecular flexibility index (Phi) is 3.87. The minimum Gasteiger partial charge on any atom is -0.490 e. The number of hydrogen-bond donors (Lipinski definition) is 2. The molecule has 1 aliphatic heterocycles. The Morgan fingerprint density at radius 3 is 2.61 bits per heavy atom. The number of amides is 1. The summed E-state index contributed by atoms with van der Waals surface area (Å²) in [7, 11) is 0. The second-order valence-corrected chi connectivity index (χ2v) is 5.81. The lowest BCUT2D eigenvalue weighted by Crippen LogP contribution is -2.52. The van der Waals surface area contributed by atoms with Crippen molar-refractivity contribution in [3.8, 4) is 5.75 Å². The highest BCUT2D eigenvalue weighted by Gasteiger charge is 2.61. The zero-order valence-electron chi connectivity index (χ0n) is 12.1. The van der Waals surface area contributed by atoms with Crippen molar-refractivity contribution in [3.63, 3.8) is 0 Å². The molecule has 3 rings (SSSR count). The van der Waals surface area contributed by atoms with E-state index in [2.05, 4.69) is 5.32 Å². The summed E-state index contributed by atoms with van der Waals surface area (Å²) in [5.74, 6) is 0.334. The molecular weight excluding hydrogens is 315 g/mol. The number of rotatable bonds is 4. The lowest BCUT2D eigenvalue weighted by molar-refractivity contribution is -0.333. The highest BCUT2D eigenvalue weighted by Crippen LogP contribution is 2.50. The number of hydrogen-bond acceptors (Lipinski definition) is 3. The Morgan fingerprint density at radius 1 is 1.39 bits per heavy atom. The second kappa shape index (κ2) is 5.59. The number of nitrogens with one attached hydrogen (secondary N) is 1. The van der Waals surface area contributed by atoms with Crippen LogP contribution < -0.4 is 10.1 Å². The van der Waals surface area contributed by atoms with Crippen molar-refractivity contribution in [1.29, 1.82) is 0 Å². The lowest BCUT2D eigenvalue weighted by Gasteiger charge is -2.43. The molecule has 126 valence electrons. The molecule has 1 heterocycles. The van der Waals surface area contributed by atoms with E-state index in [0.717, 1.165) is 0 Å². The molecule has 1 saturated carbocycles. The van der Waals surface area contributed by atoms with Crippen LogP contribution in [0.4, 0.5) is 18.0 Å². The van der Waals surface area contributed by atoms with E-state index in [9.17, 15) is 18.0 Å². The van der Waals surface area contributed by atoms with E-state index in [1.54, 1.807) is 6.07 Å². The van der Waals surface area contributed by atoms with Crippen LogP contribution in [-0.2, 0) is 10.3 Å². The third kappa shape index (κ3) is 2.95. The van der Waals surface area contributed by atoms with Crippen LogP contribution in [0.3, 0.4) is 0 Å². The van der Waals surface area contributed by atoms with E-state index in [1.165, 1.54) is 18.2 Å². The molecule has 0 aromatic heterocycles. The molecule has 2 aliphatic rings. The first-order chi connectivity index (χ1) is 10.8. The SMILES string of the molecule is O=C(O)N[C@H]1C[C@H](Oc2cccc(C3(C(F)(F)F)CCO3)c2)C1. The fourth-order valence-corrected chi connectivity index (χ4v) is 2.89. The van der Waals surface area contributed by atoms with Crippen molar-refractivity contribution >= 4 is 6.09 Å². The molecule has 0 bridgehead atoms. The largest absolute Gasteiger partial charge is 0.490 e. The van der Waals surface area contributed by atoms with Gasteiger partial charge in [0.25, 0.3) is 0 Å². The van der Waals surface area contributed by atoms with Crippen molar-refractivity contribution in [2.75, 3.05) is 6.61 Å². The fourth-order valence-electron chi connectivity index (χ4n) is 2.89. The molecular formula is C15H16F3NO4. The minimum atomic E-state index is -4.48. The average molecular weight is 331 g/mol. The van der Waals surface area contributed by atoms with Gasteiger partial charge in [-0.1, -0.05) is 12.1 Å². The van der Waals surface area contributed by atoms with Crippen LogP contribution in [0.15, 0.2) is 24.3 Å². The summed E-state index contributed by atoms with van der Waals surface area (Å²) < 4.78 is 50.3. The quantitative estimate of drug-likeness (QED) is 0.890. The Labute approximate surface area is 130 Å². The smallest absolute Gasteiger partial charge is 0.421 e. The van der Waals surface area contributed by atoms with Crippen molar-refractivity contribution in [1.82, 2.24) is 5.32 Å². The average Bonchev–Trinajstić information content (AvgIpc) is 2.33. The molecule has 1 amide bonds. The molecule has 0 spiro atoms. The van der Waals surface area contributed by atoms with Crippen molar-refractivity contribution in [2.45, 2.75) is 43.2 Å². The van der Waals surface area contributed by atoms with Crippen LogP contribution >= 0.6 is 0 Å². The molecule has 8 heteroatoms. The van der Waals surface area contributed by atoms with Gasteiger partial charge >= 0.3 is 12.3 Å². The molecule has 1 aromatic carbocycles. The van der Waals surface area contributed by atoms with Gasteiger partial charge in [0.15, 0.2) is 5.60 Å². The van der Waals surface area contributed by atoms with Gasteiger partial charge in [-0.2, -0.15) is 13.2 Å². The summed E-state index contributed by atoms with van der Waals surface area (Å²) in [6.07, 6.45) is -4.88. The van der Waals surface area contributed by atoms with Gasteiger partial charge in [0, 0.05) is 25.3 Å². The summed E-state index contributed by atoms with van der Waals surface area (Å²) in [6, 6.07) is 5.66. The Morgan fingerprint density at radius 2 is 2.09 bits per heavy atom. The van der Waals surface area contributed by atoms with Crippen LogP contribution in [0.5, 0.6) is 5.75 Å². The van der Waals surface area contributed by atoms with Crippen LogP contribution in [-0.4, -0.2) is 36.1 Å². The molecule has 1 aromatic rings. The molecule has 5 nitrogen and oxygen atoms in total. The maximum absolute atomic E-state index is 13.3. The van der Waals surface area contributed by atoms with Crippen LogP contribution in [0, 0.1) is 0 Å². The molecule has 1 unspecified atom stereocenters. The summed E-state index contributed by atoms with van der Waals surface area (Å²) in [6.45, 7) is 0.0791. The van der Waals surface area contributed by atoms with Crippen molar-refractivity contribution in [2.24, 2.45) is 0 Å². The standard InChI is InChI=1S/C15H16F3NO4/c16-15(17,18)14(4-5-22-14)9-2-1-3-11(6-9)23-12-7-10(8-12)19-13(20)21/h1-3,6,10,12,19H,4-5,7-8H2,(H,20,21)/t10-,12-,14?. The lowest BCUT2D eigenvalue weighted by atomic mass is 9.85. The van der Waals surface area contributed by atoms with Gasteiger partial charge in [-0.05, 0) is 17.7 Å². The summed E-state index contributed by atoms with van der Waals surface area (Å²) in [5.41, 5.74) is -2.20. The number of benzene rings is 1. The Bertz CT molecular complexity index is 595. The van der Waals surface area contributed by atoms with E-state index in [-0.39, 0.29) is 30.7 Å². The van der Waals surface area contributed by atoms with Gasteiger partial charge in [0.1, 0.15) is 11.9 Å². The van der Waals surface area contributed by atoms with Crippen LogP contribution in [0.2, 0.25) is 0 Å². The molecule has 1 atom stereocenters. The topological polar surface area (TPSA) is 67.8 Å². The minimum absolute atomic E-state index is 0.0354. The van der Waals surface area contributed by atoms with Crippen LogP contribution in [0.1, 0.15) is 24.8 Å².